The number of hydrogen-bond donors (Lipinski definition) is 1. The maximum Gasteiger partial charge on any atom is 0.262 e. The van der Waals surface area contributed by atoms with Crippen molar-refractivity contribution < 1.29 is 14.1 Å². The minimum absolute atomic E-state index is 0.0981. The lowest BCUT2D eigenvalue weighted by Gasteiger charge is -2.08. The first-order valence-electron chi connectivity index (χ1n) is 9.16. The fourth-order valence-electron chi connectivity index (χ4n) is 2.83. The Bertz CT molecular complexity index is 1120. The molecule has 0 saturated heterocycles. The first-order valence-corrected chi connectivity index (χ1v) is 9.16. The molecule has 0 aliphatic heterocycles. The lowest BCUT2D eigenvalue weighted by Crippen LogP contribution is -2.20. The van der Waals surface area contributed by atoms with Gasteiger partial charge >= 0.3 is 0 Å². The average Bonchev–Trinajstić information content (AvgIpc) is 3.24. The van der Waals surface area contributed by atoms with E-state index in [9.17, 15) is 4.79 Å². The molecule has 1 amide bonds. The zero-order chi connectivity index (χ0) is 20.1. The molecule has 0 aliphatic rings. The van der Waals surface area contributed by atoms with Crippen LogP contribution in [0.25, 0.3) is 22.8 Å². The molecule has 6 heteroatoms. The van der Waals surface area contributed by atoms with Crippen LogP contribution in [0.5, 0.6) is 5.75 Å². The van der Waals surface area contributed by atoms with Crippen LogP contribution >= 0.6 is 0 Å². The van der Waals surface area contributed by atoms with Gasteiger partial charge < -0.3 is 14.6 Å². The van der Waals surface area contributed by atoms with E-state index in [1.165, 1.54) is 0 Å². The molecule has 144 valence electrons. The van der Waals surface area contributed by atoms with Crippen molar-refractivity contribution in [1.29, 1.82) is 0 Å². The number of carbonyl (C=O) groups excluding carboxylic acids is 1. The first-order chi connectivity index (χ1) is 14.2. The van der Waals surface area contributed by atoms with Gasteiger partial charge in [-0.05, 0) is 43.3 Å². The third kappa shape index (κ3) is 4.68. The van der Waals surface area contributed by atoms with E-state index >= 15 is 0 Å². The van der Waals surface area contributed by atoms with E-state index in [1.807, 2.05) is 73.7 Å². The van der Waals surface area contributed by atoms with Crippen molar-refractivity contribution in [3.63, 3.8) is 0 Å². The standard InChI is InChI=1S/C23H19N3O3/c1-16-7-5-9-18(13-16)23-25-22(26-29-23)17-8-6-12-20(14-17)28-15-21(27)24-19-10-3-2-4-11-19/h2-14H,15H2,1H3,(H,24,27). The Morgan fingerprint density at radius 3 is 2.59 bits per heavy atom. The normalized spacial score (nSPS) is 10.5. The Balaban J connectivity index is 1.43. The number of benzene rings is 3. The van der Waals surface area contributed by atoms with Crippen LogP contribution in [0.15, 0.2) is 83.4 Å². The molecule has 1 heterocycles. The minimum Gasteiger partial charge on any atom is -0.484 e. The van der Waals surface area contributed by atoms with Crippen LogP contribution < -0.4 is 10.1 Å². The molecular formula is C23H19N3O3. The van der Waals surface area contributed by atoms with Crippen molar-refractivity contribution in [1.82, 2.24) is 10.1 Å². The monoisotopic (exact) mass is 385 g/mol. The summed E-state index contributed by atoms with van der Waals surface area (Å²) in [4.78, 5) is 16.5. The molecule has 0 radical (unpaired) electrons. The van der Waals surface area contributed by atoms with Crippen LogP contribution in [0.2, 0.25) is 0 Å². The third-order valence-corrected chi connectivity index (χ3v) is 4.21. The van der Waals surface area contributed by atoms with Gasteiger partial charge in [0.1, 0.15) is 5.75 Å². The average molecular weight is 385 g/mol. The van der Waals surface area contributed by atoms with E-state index in [0.29, 0.717) is 17.5 Å². The second-order valence-corrected chi connectivity index (χ2v) is 6.52. The summed E-state index contributed by atoms with van der Waals surface area (Å²) >= 11 is 0. The van der Waals surface area contributed by atoms with Crippen molar-refractivity contribution >= 4 is 11.6 Å². The lowest BCUT2D eigenvalue weighted by atomic mass is 10.1. The third-order valence-electron chi connectivity index (χ3n) is 4.21. The largest absolute Gasteiger partial charge is 0.484 e. The number of hydrogen-bond acceptors (Lipinski definition) is 5. The van der Waals surface area contributed by atoms with Gasteiger partial charge in [-0.15, -0.1) is 0 Å². The molecule has 4 aromatic rings. The summed E-state index contributed by atoms with van der Waals surface area (Å²) in [5, 5.41) is 6.84. The van der Waals surface area contributed by atoms with Gasteiger partial charge in [0.15, 0.2) is 6.61 Å². The van der Waals surface area contributed by atoms with Crippen molar-refractivity contribution in [2.45, 2.75) is 6.92 Å². The van der Waals surface area contributed by atoms with Crippen LogP contribution in [-0.4, -0.2) is 22.7 Å². The van der Waals surface area contributed by atoms with Gasteiger partial charge in [-0.2, -0.15) is 4.98 Å². The minimum atomic E-state index is -0.233. The molecular weight excluding hydrogens is 366 g/mol. The summed E-state index contributed by atoms with van der Waals surface area (Å²) in [6.45, 7) is 1.91. The molecule has 4 rings (SSSR count). The van der Waals surface area contributed by atoms with Crippen molar-refractivity contribution in [3.8, 4) is 28.6 Å². The van der Waals surface area contributed by atoms with Gasteiger partial charge in [0.25, 0.3) is 11.8 Å². The highest BCUT2D eigenvalue weighted by Gasteiger charge is 2.12. The molecule has 0 bridgehead atoms. The Hall–Kier alpha value is -3.93. The topological polar surface area (TPSA) is 77.2 Å². The van der Waals surface area contributed by atoms with Gasteiger partial charge in [0, 0.05) is 16.8 Å². The Kier molecular flexibility index (Phi) is 5.33. The highest BCUT2D eigenvalue weighted by atomic mass is 16.5. The smallest absolute Gasteiger partial charge is 0.262 e. The number of amides is 1. The molecule has 3 aromatic carbocycles. The quantitative estimate of drug-likeness (QED) is 0.519. The summed E-state index contributed by atoms with van der Waals surface area (Å²) in [5.41, 5.74) is 3.46. The zero-order valence-corrected chi connectivity index (χ0v) is 15.8. The van der Waals surface area contributed by atoms with Crippen molar-refractivity contribution in [2.24, 2.45) is 0 Å². The highest BCUT2D eigenvalue weighted by Crippen LogP contribution is 2.25. The van der Waals surface area contributed by atoms with E-state index in [-0.39, 0.29) is 12.5 Å². The fraction of sp³-hybridized carbons (Fsp3) is 0.0870. The molecule has 0 spiro atoms. The van der Waals surface area contributed by atoms with Gasteiger partial charge in [-0.1, -0.05) is 53.2 Å². The van der Waals surface area contributed by atoms with Gasteiger partial charge in [-0.3, -0.25) is 4.79 Å². The second-order valence-electron chi connectivity index (χ2n) is 6.52. The van der Waals surface area contributed by atoms with Crippen LogP contribution in [0.1, 0.15) is 5.56 Å². The summed E-state index contributed by atoms with van der Waals surface area (Å²) in [7, 11) is 0. The number of nitrogens with one attached hydrogen (secondary N) is 1. The van der Waals surface area contributed by atoms with Crippen LogP contribution in [0.4, 0.5) is 5.69 Å². The Morgan fingerprint density at radius 1 is 0.966 bits per heavy atom. The van der Waals surface area contributed by atoms with Crippen molar-refractivity contribution in [3.05, 3.63) is 84.4 Å². The zero-order valence-electron chi connectivity index (χ0n) is 15.8. The van der Waals surface area contributed by atoms with E-state index in [1.54, 1.807) is 12.1 Å². The number of carbonyl (C=O) groups is 1. The number of aryl methyl sites for hydroxylation is 1. The van der Waals surface area contributed by atoms with Crippen LogP contribution in [-0.2, 0) is 4.79 Å². The molecule has 6 nitrogen and oxygen atoms in total. The number of ether oxygens (including phenoxy) is 1. The van der Waals surface area contributed by atoms with E-state index in [0.717, 1.165) is 22.4 Å². The van der Waals surface area contributed by atoms with Crippen molar-refractivity contribution in [2.75, 3.05) is 11.9 Å². The number of nitrogens with zero attached hydrogens (tertiary/aromatic N) is 2. The maximum atomic E-state index is 12.1. The predicted octanol–water partition coefficient (Wildman–Crippen LogP) is 4.73. The highest BCUT2D eigenvalue weighted by molar-refractivity contribution is 5.91. The number of anilines is 1. The molecule has 0 unspecified atom stereocenters. The predicted molar refractivity (Wildman–Crippen MR) is 110 cm³/mol. The SMILES string of the molecule is Cc1cccc(-c2nc(-c3cccc(OCC(=O)Nc4ccccc4)c3)no2)c1. The lowest BCUT2D eigenvalue weighted by molar-refractivity contribution is -0.118. The van der Waals surface area contributed by atoms with E-state index in [4.69, 9.17) is 9.26 Å². The number of aromatic nitrogens is 2. The number of para-hydroxylation sites is 1. The van der Waals surface area contributed by atoms with E-state index in [2.05, 4.69) is 15.5 Å². The van der Waals surface area contributed by atoms with Gasteiger partial charge in [-0.25, -0.2) is 0 Å². The van der Waals surface area contributed by atoms with Gasteiger partial charge in [0.05, 0.1) is 0 Å². The fourth-order valence-corrected chi connectivity index (χ4v) is 2.83. The van der Waals surface area contributed by atoms with Gasteiger partial charge in [0.2, 0.25) is 5.82 Å². The summed E-state index contributed by atoms with van der Waals surface area (Å²) in [6.07, 6.45) is 0. The van der Waals surface area contributed by atoms with Crippen LogP contribution in [0.3, 0.4) is 0 Å². The summed E-state index contributed by atoms with van der Waals surface area (Å²) in [5.74, 6) is 1.23. The molecule has 0 saturated carbocycles. The summed E-state index contributed by atoms with van der Waals surface area (Å²) in [6, 6.07) is 24.4. The Labute approximate surface area is 168 Å². The summed E-state index contributed by atoms with van der Waals surface area (Å²) < 4.78 is 11.0. The molecule has 0 fully saturated rings. The molecule has 1 aromatic heterocycles. The second kappa shape index (κ2) is 8.39. The molecule has 1 N–H and O–H groups in total. The maximum absolute atomic E-state index is 12.1. The molecule has 29 heavy (non-hydrogen) atoms. The first kappa shape index (κ1) is 18.4. The molecule has 0 aliphatic carbocycles. The molecule has 0 atom stereocenters. The van der Waals surface area contributed by atoms with Crippen LogP contribution in [0, 0.1) is 6.92 Å². The van der Waals surface area contributed by atoms with E-state index < -0.39 is 0 Å². The Morgan fingerprint density at radius 2 is 1.76 bits per heavy atom. The number of rotatable bonds is 6.